The van der Waals surface area contributed by atoms with Gasteiger partial charge in [-0.3, -0.25) is 10.1 Å². The molecule has 0 bridgehead atoms. The van der Waals surface area contributed by atoms with E-state index >= 15 is 0 Å². The van der Waals surface area contributed by atoms with Crippen molar-refractivity contribution in [3.8, 4) is 28.0 Å². The molecule has 0 saturated carbocycles. The summed E-state index contributed by atoms with van der Waals surface area (Å²) in [5.74, 6) is 0.447. The summed E-state index contributed by atoms with van der Waals surface area (Å²) < 4.78 is 5.73. The third kappa shape index (κ3) is 4.46. The lowest BCUT2D eigenvalue weighted by atomic mass is 10.2. The van der Waals surface area contributed by atoms with E-state index in [1.165, 1.54) is 17.4 Å². The Bertz CT molecular complexity index is 1230. The van der Waals surface area contributed by atoms with Gasteiger partial charge in [-0.25, -0.2) is 4.98 Å². The van der Waals surface area contributed by atoms with Crippen molar-refractivity contribution in [1.82, 2.24) is 4.98 Å². The summed E-state index contributed by atoms with van der Waals surface area (Å²) in [6, 6.07) is 16.5. The van der Waals surface area contributed by atoms with Gasteiger partial charge in [0.2, 0.25) is 0 Å². The molecule has 0 aliphatic carbocycles. The first-order valence-corrected chi connectivity index (χ1v) is 10.5. The van der Waals surface area contributed by atoms with Crippen LogP contribution in [0.4, 0.5) is 5.13 Å². The number of nitrogens with one attached hydrogen (secondary N) is 1. The summed E-state index contributed by atoms with van der Waals surface area (Å²) in [5.41, 5.74) is 1.52. The molecule has 8 heteroatoms. The first kappa shape index (κ1) is 19.2. The Morgan fingerprint density at radius 2 is 2.10 bits per heavy atom. The van der Waals surface area contributed by atoms with E-state index < -0.39 is 5.91 Å². The zero-order valence-corrected chi connectivity index (χ0v) is 17.1. The number of rotatable bonds is 5. The van der Waals surface area contributed by atoms with Gasteiger partial charge in [-0.1, -0.05) is 29.8 Å². The lowest BCUT2D eigenvalue weighted by Crippen LogP contribution is -2.13. The summed E-state index contributed by atoms with van der Waals surface area (Å²) in [6.45, 7) is 0. The number of nitrogens with zero attached hydrogens (tertiary/aromatic N) is 2. The van der Waals surface area contributed by atoms with Crippen LogP contribution in [0.3, 0.4) is 0 Å². The molecule has 1 N–H and O–H groups in total. The maximum Gasteiger partial charge on any atom is 0.268 e. The molecule has 0 aliphatic rings. The third-order valence-corrected chi connectivity index (χ3v) is 5.77. The zero-order chi connectivity index (χ0) is 20.2. The molecular formula is C21H12ClN3O2S2. The second-order valence-corrected chi connectivity index (χ2v) is 8.09. The van der Waals surface area contributed by atoms with Crippen LogP contribution in [0.5, 0.6) is 0 Å². The summed E-state index contributed by atoms with van der Waals surface area (Å²) >= 11 is 8.88. The van der Waals surface area contributed by atoms with Crippen LogP contribution >= 0.6 is 34.3 Å². The second kappa shape index (κ2) is 8.45. The van der Waals surface area contributed by atoms with Crippen LogP contribution in [0.2, 0.25) is 5.02 Å². The molecule has 3 aromatic heterocycles. The van der Waals surface area contributed by atoms with E-state index in [2.05, 4.69) is 10.3 Å². The SMILES string of the molecule is N#C/C(=C\c1ccc(-c2cccc(Cl)c2)o1)C(=O)Nc1nc(-c2cccs2)cs1. The molecule has 0 saturated heterocycles. The molecule has 0 spiro atoms. The maximum absolute atomic E-state index is 12.5. The van der Waals surface area contributed by atoms with Crippen LogP contribution in [0.25, 0.3) is 28.0 Å². The Kier molecular flexibility index (Phi) is 5.58. The average molecular weight is 438 g/mol. The number of thiazole rings is 1. The Labute approximate surface area is 179 Å². The fourth-order valence-corrected chi connectivity index (χ4v) is 4.21. The number of anilines is 1. The maximum atomic E-state index is 12.5. The Balaban J connectivity index is 1.51. The normalized spacial score (nSPS) is 11.2. The highest BCUT2D eigenvalue weighted by Gasteiger charge is 2.14. The van der Waals surface area contributed by atoms with Gasteiger partial charge in [-0.15, -0.1) is 22.7 Å². The number of hydrogen-bond acceptors (Lipinski definition) is 6. The first-order chi connectivity index (χ1) is 14.1. The van der Waals surface area contributed by atoms with Gasteiger partial charge >= 0.3 is 0 Å². The summed E-state index contributed by atoms with van der Waals surface area (Å²) in [6.07, 6.45) is 1.40. The van der Waals surface area contributed by atoms with Crippen LogP contribution < -0.4 is 5.32 Å². The van der Waals surface area contributed by atoms with E-state index in [1.807, 2.05) is 41.1 Å². The summed E-state index contributed by atoms with van der Waals surface area (Å²) in [4.78, 5) is 17.9. The fourth-order valence-electron chi connectivity index (χ4n) is 2.55. The number of hydrogen-bond donors (Lipinski definition) is 1. The highest BCUT2D eigenvalue weighted by Crippen LogP contribution is 2.29. The molecule has 4 aromatic rings. The highest BCUT2D eigenvalue weighted by atomic mass is 35.5. The van der Waals surface area contributed by atoms with E-state index in [9.17, 15) is 10.1 Å². The molecular weight excluding hydrogens is 426 g/mol. The molecule has 0 atom stereocenters. The third-order valence-electron chi connectivity index (χ3n) is 3.89. The fraction of sp³-hybridized carbons (Fsp3) is 0. The van der Waals surface area contributed by atoms with Crippen molar-refractivity contribution in [2.45, 2.75) is 0 Å². The van der Waals surface area contributed by atoms with Crippen molar-refractivity contribution in [2.24, 2.45) is 0 Å². The number of carbonyl (C=O) groups excluding carboxylic acids is 1. The predicted molar refractivity (Wildman–Crippen MR) is 117 cm³/mol. The minimum absolute atomic E-state index is 0.0788. The highest BCUT2D eigenvalue weighted by molar-refractivity contribution is 7.16. The second-order valence-electron chi connectivity index (χ2n) is 5.85. The van der Waals surface area contributed by atoms with Crippen LogP contribution in [0.15, 0.2) is 69.3 Å². The monoisotopic (exact) mass is 437 g/mol. The molecule has 1 amide bonds. The van der Waals surface area contributed by atoms with Gasteiger partial charge < -0.3 is 4.42 Å². The number of carbonyl (C=O) groups is 1. The average Bonchev–Trinajstić information content (AvgIpc) is 3.47. The minimum Gasteiger partial charge on any atom is -0.457 e. The van der Waals surface area contributed by atoms with Crippen LogP contribution in [0, 0.1) is 11.3 Å². The molecule has 0 aliphatic heterocycles. The van der Waals surface area contributed by atoms with Gasteiger partial charge in [-0.2, -0.15) is 5.26 Å². The van der Waals surface area contributed by atoms with Crippen LogP contribution in [0.1, 0.15) is 5.76 Å². The molecule has 29 heavy (non-hydrogen) atoms. The van der Waals surface area contributed by atoms with Crippen molar-refractivity contribution < 1.29 is 9.21 Å². The van der Waals surface area contributed by atoms with E-state index in [0.29, 0.717) is 21.7 Å². The van der Waals surface area contributed by atoms with Crippen LogP contribution in [-0.2, 0) is 4.79 Å². The van der Waals surface area contributed by atoms with Crippen molar-refractivity contribution in [3.63, 3.8) is 0 Å². The first-order valence-electron chi connectivity index (χ1n) is 8.41. The summed E-state index contributed by atoms with van der Waals surface area (Å²) in [5, 5.41) is 16.9. The number of furan rings is 1. The Morgan fingerprint density at radius 3 is 2.86 bits per heavy atom. The van der Waals surface area contributed by atoms with Gasteiger partial charge in [0, 0.05) is 22.0 Å². The van der Waals surface area contributed by atoms with E-state index in [-0.39, 0.29) is 5.57 Å². The smallest absolute Gasteiger partial charge is 0.268 e. The molecule has 4 rings (SSSR count). The van der Waals surface area contributed by atoms with Crippen molar-refractivity contribution >= 4 is 51.4 Å². The Morgan fingerprint density at radius 1 is 1.21 bits per heavy atom. The van der Waals surface area contributed by atoms with E-state index in [1.54, 1.807) is 35.6 Å². The predicted octanol–water partition coefficient (Wildman–Crippen LogP) is 6.33. The zero-order valence-electron chi connectivity index (χ0n) is 14.8. The molecule has 5 nitrogen and oxygen atoms in total. The van der Waals surface area contributed by atoms with Gasteiger partial charge in [0.1, 0.15) is 23.2 Å². The minimum atomic E-state index is -0.541. The van der Waals surface area contributed by atoms with Gasteiger partial charge in [0.15, 0.2) is 5.13 Å². The molecule has 0 unspecified atom stereocenters. The lowest BCUT2D eigenvalue weighted by Gasteiger charge is -1.99. The number of nitriles is 1. The lowest BCUT2D eigenvalue weighted by molar-refractivity contribution is -0.112. The van der Waals surface area contributed by atoms with Gasteiger partial charge in [-0.05, 0) is 35.7 Å². The van der Waals surface area contributed by atoms with Gasteiger partial charge in [0.05, 0.1) is 10.6 Å². The Hall–Kier alpha value is -3.18. The van der Waals surface area contributed by atoms with Crippen molar-refractivity contribution in [1.29, 1.82) is 5.26 Å². The molecule has 0 radical (unpaired) electrons. The number of benzene rings is 1. The van der Waals surface area contributed by atoms with E-state index in [0.717, 1.165) is 16.1 Å². The van der Waals surface area contributed by atoms with E-state index in [4.69, 9.17) is 16.0 Å². The topological polar surface area (TPSA) is 78.9 Å². The van der Waals surface area contributed by atoms with Crippen molar-refractivity contribution in [2.75, 3.05) is 5.32 Å². The molecule has 0 fully saturated rings. The largest absolute Gasteiger partial charge is 0.457 e. The van der Waals surface area contributed by atoms with Crippen LogP contribution in [-0.4, -0.2) is 10.9 Å². The van der Waals surface area contributed by atoms with Gasteiger partial charge in [0.25, 0.3) is 5.91 Å². The summed E-state index contributed by atoms with van der Waals surface area (Å²) in [7, 11) is 0. The quantitative estimate of drug-likeness (QED) is 0.292. The number of halogens is 1. The number of aromatic nitrogens is 1. The number of amides is 1. The standard InChI is InChI=1S/C21H12ClN3O2S2/c22-15-4-1-3-13(9-15)18-7-6-16(27-18)10-14(11-23)20(26)25-21-24-17(12-29-21)19-5-2-8-28-19/h1-10,12H,(H,24,25,26)/b14-10+. The number of thiophene rings is 1. The van der Waals surface area contributed by atoms with Crippen molar-refractivity contribution in [3.05, 3.63) is 75.6 Å². The molecule has 3 heterocycles. The molecule has 142 valence electrons. The molecule has 1 aromatic carbocycles.